The number of nitrogens with zero attached hydrogens (tertiary/aromatic N) is 3. The molecule has 0 amide bonds. The summed E-state index contributed by atoms with van der Waals surface area (Å²) in [4.78, 5) is 15.5. The fourth-order valence-corrected chi connectivity index (χ4v) is 2.15. The largest absolute Gasteiger partial charge is 0.478 e. The zero-order valence-corrected chi connectivity index (χ0v) is 10.7. The molecular weight excluding hydrogens is 254 g/mol. The van der Waals surface area contributed by atoms with Crippen LogP contribution in [0.1, 0.15) is 16.1 Å². The van der Waals surface area contributed by atoms with E-state index in [1.165, 1.54) is 0 Å². The van der Waals surface area contributed by atoms with Crippen molar-refractivity contribution < 1.29 is 9.90 Å². The highest BCUT2D eigenvalue weighted by molar-refractivity contribution is 5.99. The maximum atomic E-state index is 11.1. The van der Waals surface area contributed by atoms with E-state index in [4.69, 9.17) is 5.11 Å². The number of hydrogen-bond donors (Lipinski definition) is 1. The number of aromatic carboxylic acids is 1. The first kappa shape index (κ1) is 12.2. The van der Waals surface area contributed by atoms with Gasteiger partial charge in [-0.15, -0.1) is 0 Å². The molecule has 20 heavy (non-hydrogen) atoms. The lowest BCUT2D eigenvalue weighted by molar-refractivity contribution is 0.0697. The van der Waals surface area contributed by atoms with E-state index in [-0.39, 0.29) is 5.56 Å². The van der Waals surface area contributed by atoms with E-state index >= 15 is 0 Å². The maximum absolute atomic E-state index is 11.1. The van der Waals surface area contributed by atoms with Gasteiger partial charge in [-0.1, -0.05) is 0 Å². The number of benzene rings is 1. The third kappa shape index (κ3) is 2.09. The summed E-state index contributed by atoms with van der Waals surface area (Å²) in [6.45, 7) is 1.89. The zero-order chi connectivity index (χ0) is 14.1. The molecule has 0 atom stereocenters. The Morgan fingerprint density at radius 1 is 1.20 bits per heavy atom. The highest BCUT2D eigenvalue weighted by atomic mass is 16.4. The normalized spacial score (nSPS) is 10.7. The molecule has 3 rings (SSSR count). The molecule has 0 spiro atoms. The molecule has 0 unspecified atom stereocenters. The zero-order valence-electron chi connectivity index (χ0n) is 10.7. The van der Waals surface area contributed by atoms with Gasteiger partial charge in [0.05, 0.1) is 16.8 Å². The van der Waals surface area contributed by atoms with Crippen LogP contribution in [0.3, 0.4) is 0 Å². The molecule has 0 fully saturated rings. The number of pyridine rings is 1. The summed E-state index contributed by atoms with van der Waals surface area (Å²) in [6, 6.07) is 10.4. The van der Waals surface area contributed by atoms with Gasteiger partial charge in [-0.2, -0.15) is 10.2 Å². The van der Waals surface area contributed by atoms with E-state index in [1.807, 2.05) is 19.1 Å². The SMILES string of the molecule is Cc1cc(-c2cccnn2)c2cc(C(=O)O)ccc2n1. The van der Waals surface area contributed by atoms with Crippen LogP contribution in [-0.4, -0.2) is 26.3 Å². The second-order valence-electron chi connectivity index (χ2n) is 4.46. The van der Waals surface area contributed by atoms with Crippen LogP contribution in [0.5, 0.6) is 0 Å². The van der Waals surface area contributed by atoms with E-state index in [0.29, 0.717) is 5.69 Å². The summed E-state index contributed by atoms with van der Waals surface area (Å²) in [7, 11) is 0. The summed E-state index contributed by atoms with van der Waals surface area (Å²) in [5.41, 5.74) is 3.36. The molecular formula is C15H11N3O2. The average Bonchev–Trinajstić information content (AvgIpc) is 2.46. The van der Waals surface area contributed by atoms with Crippen LogP contribution in [0.2, 0.25) is 0 Å². The van der Waals surface area contributed by atoms with Crippen molar-refractivity contribution in [3.8, 4) is 11.3 Å². The maximum Gasteiger partial charge on any atom is 0.335 e. The van der Waals surface area contributed by atoms with Gasteiger partial charge in [-0.3, -0.25) is 4.98 Å². The van der Waals surface area contributed by atoms with Crippen molar-refractivity contribution in [3.63, 3.8) is 0 Å². The van der Waals surface area contributed by atoms with Crippen molar-refractivity contribution in [3.05, 3.63) is 53.9 Å². The van der Waals surface area contributed by atoms with Crippen molar-refractivity contribution in [1.29, 1.82) is 0 Å². The first-order valence-corrected chi connectivity index (χ1v) is 6.08. The van der Waals surface area contributed by atoms with Crippen LogP contribution < -0.4 is 0 Å². The van der Waals surface area contributed by atoms with Gasteiger partial charge in [0.2, 0.25) is 0 Å². The molecule has 1 aromatic carbocycles. The topological polar surface area (TPSA) is 76.0 Å². The van der Waals surface area contributed by atoms with Gasteiger partial charge in [-0.25, -0.2) is 4.79 Å². The molecule has 0 radical (unpaired) electrons. The van der Waals surface area contributed by atoms with Gasteiger partial charge in [0, 0.05) is 22.8 Å². The highest BCUT2D eigenvalue weighted by Crippen LogP contribution is 2.27. The Bertz CT molecular complexity index is 801. The van der Waals surface area contributed by atoms with Crippen LogP contribution in [-0.2, 0) is 0 Å². The van der Waals surface area contributed by atoms with E-state index < -0.39 is 5.97 Å². The summed E-state index contributed by atoms with van der Waals surface area (Å²) in [6.07, 6.45) is 1.60. The molecule has 0 saturated carbocycles. The minimum atomic E-state index is -0.961. The number of carbonyl (C=O) groups is 1. The fraction of sp³-hybridized carbons (Fsp3) is 0.0667. The van der Waals surface area contributed by atoms with Gasteiger partial charge in [-0.05, 0) is 43.3 Å². The molecule has 3 aromatic rings. The van der Waals surface area contributed by atoms with E-state index in [0.717, 1.165) is 22.2 Å². The van der Waals surface area contributed by atoms with Crippen LogP contribution >= 0.6 is 0 Å². The van der Waals surface area contributed by atoms with Gasteiger partial charge < -0.3 is 5.11 Å². The summed E-state index contributed by atoms with van der Waals surface area (Å²) in [5, 5.41) is 17.8. The van der Waals surface area contributed by atoms with Crippen molar-refractivity contribution in [1.82, 2.24) is 15.2 Å². The third-order valence-corrected chi connectivity index (χ3v) is 3.03. The van der Waals surface area contributed by atoms with Gasteiger partial charge >= 0.3 is 5.97 Å². The number of aromatic nitrogens is 3. The lowest BCUT2D eigenvalue weighted by atomic mass is 10.0. The molecule has 0 saturated heterocycles. The lowest BCUT2D eigenvalue weighted by Crippen LogP contribution is -1.98. The fourth-order valence-electron chi connectivity index (χ4n) is 2.15. The molecule has 2 aromatic heterocycles. The summed E-state index contributed by atoms with van der Waals surface area (Å²) >= 11 is 0. The highest BCUT2D eigenvalue weighted by Gasteiger charge is 2.11. The van der Waals surface area contributed by atoms with Crippen LogP contribution in [0, 0.1) is 6.92 Å². The van der Waals surface area contributed by atoms with Gasteiger partial charge in [0.1, 0.15) is 0 Å². The van der Waals surface area contributed by atoms with E-state index in [2.05, 4.69) is 15.2 Å². The number of carboxylic acid groups (broad SMARTS) is 1. The quantitative estimate of drug-likeness (QED) is 0.771. The second kappa shape index (κ2) is 4.70. The number of aryl methyl sites for hydroxylation is 1. The molecule has 0 aliphatic heterocycles. The lowest BCUT2D eigenvalue weighted by Gasteiger charge is -2.07. The number of fused-ring (bicyclic) bond motifs is 1. The first-order valence-electron chi connectivity index (χ1n) is 6.08. The number of hydrogen-bond acceptors (Lipinski definition) is 4. The molecule has 98 valence electrons. The Kier molecular flexibility index (Phi) is 2.87. The molecule has 0 aliphatic carbocycles. The van der Waals surface area contributed by atoms with Crippen molar-refractivity contribution in [2.45, 2.75) is 6.92 Å². The molecule has 2 heterocycles. The van der Waals surface area contributed by atoms with E-state index in [9.17, 15) is 4.79 Å². The van der Waals surface area contributed by atoms with Crippen molar-refractivity contribution in [2.24, 2.45) is 0 Å². The second-order valence-corrected chi connectivity index (χ2v) is 4.46. The van der Waals surface area contributed by atoms with Crippen molar-refractivity contribution in [2.75, 3.05) is 0 Å². The van der Waals surface area contributed by atoms with Crippen LogP contribution in [0.25, 0.3) is 22.2 Å². The van der Waals surface area contributed by atoms with Gasteiger partial charge in [0.25, 0.3) is 0 Å². The Morgan fingerprint density at radius 2 is 2.05 bits per heavy atom. The number of rotatable bonds is 2. The van der Waals surface area contributed by atoms with Crippen LogP contribution in [0.4, 0.5) is 0 Å². The first-order chi connectivity index (χ1) is 9.65. The standard InChI is InChI=1S/C15H11N3O2/c1-9-7-11(14-3-2-6-16-18-14)12-8-10(15(19)20)4-5-13(12)17-9/h2-8H,1H3,(H,19,20). The Morgan fingerprint density at radius 3 is 2.75 bits per heavy atom. The third-order valence-electron chi connectivity index (χ3n) is 3.03. The monoisotopic (exact) mass is 265 g/mol. The van der Waals surface area contributed by atoms with Crippen LogP contribution in [0.15, 0.2) is 42.6 Å². The Hall–Kier alpha value is -2.82. The molecule has 0 aliphatic rings. The van der Waals surface area contributed by atoms with Crippen molar-refractivity contribution >= 4 is 16.9 Å². The minimum Gasteiger partial charge on any atom is -0.478 e. The Labute approximate surface area is 114 Å². The predicted octanol–water partition coefficient (Wildman–Crippen LogP) is 2.70. The Balaban J connectivity index is 2.34. The van der Waals surface area contributed by atoms with Gasteiger partial charge in [0.15, 0.2) is 0 Å². The molecule has 5 heteroatoms. The molecule has 1 N–H and O–H groups in total. The molecule has 5 nitrogen and oxygen atoms in total. The smallest absolute Gasteiger partial charge is 0.335 e. The molecule has 0 bridgehead atoms. The average molecular weight is 265 g/mol. The minimum absolute atomic E-state index is 0.230. The number of carboxylic acids is 1. The van der Waals surface area contributed by atoms with E-state index in [1.54, 1.807) is 30.5 Å². The summed E-state index contributed by atoms with van der Waals surface area (Å²) < 4.78 is 0. The summed E-state index contributed by atoms with van der Waals surface area (Å²) in [5.74, 6) is -0.961. The predicted molar refractivity (Wildman–Crippen MR) is 74.5 cm³/mol.